The predicted octanol–water partition coefficient (Wildman–Crippen LogP) is 2.77. The number of benzene rings is 1. The molecule has 3 atom stereocenters. The molecule has 2 fully saturated rings. The quantitative estimate of drug-likeness (QED) is 0.721. The van der Waals surface area contributed by atoms with Gasteiger partial charge in [-0.15, -0.1) is 0 Å². The molecule has 2 aliphatic rings. The summed E-state index contributed by atoms with van der Waals surface area (Å²) >= 11 is 0. The minimum atomic E-state index is -0.221. The minimum absolute atomic E-state index is 0.221. The molecule has 3 unspecified atom stereocenters. The van der Waals surface area contributed by atoms with Crippen molar-refractivity contribution < 1.29 is 9.53 Å². The van der Waals surface area contributed by atoms with Gasteiger partial charge in [0.2, 0.25) is 5.91 Å². The Labute approximate surface area is 145 Å². The van der Waals surface area contributed by atoms with E-state index >= 15 is 0 Å². The van der Waals surface area contributed by atoms with E-state index in [1.165, 1.54) is 24.8 Å². The van der Waals surface area contributed by atoms with Gasteiger partial charge in [0.1, 0.15) is 5.75 Å². The highest BCUT2D eigenvalue weighted by molar-refractivity contribution is 5.84. The van der Waals surface area contributed by atoms with Crippen molar-refractivity contribution in [1.82, 2.24) is 10.6 Å². The van der Waals surface area contributed by atoms with E-state index in [2.05, 4.69) is 29.7 Å². The first-order valence-electron chi connectivity index (χ1n) is 9.30. The molecule has 2 N–H and O–H groups in total. The van der Waals surface area contributed by atoms with Crippen LogP contribution in [0.25, 0.3) is 0 Å². The second kappa shape index (κ2) is 7.56. The van der Waals surface area contributed by atoms with Crippen molar-refractivity contribution in [3.63, 3.8) is 0 Å². The Morgan fingerprint density at radius 3 is 2.88 bits per heavy atom. The molecule has 1 aromatic carbocycles. The van der Waals surface area contributed by atoms with Crippen molar-refractivity contribution in [3.8, 4) is 5.75 Å². The maximum atomic E-state index is 13.1. The number of rotatable bonds is 8. The number of hydrogen-bond donors (Lipinski definition) is 2. The van der Waals surface area contributed by atoms with E-state index in [1.807, 2.05) is 12.1 Å². The van der Waals surface area contributed by atoms with Gasteiger partial charge in [-0.2, -0.15) is 0 Å². The molecule has 4 nitrogen and oxygen atoms in total. The van der Waals surface area contributed by atoms with Crippen LogP contribution >= 0.6 is 0 Å². The first-order chi connectivity index (χ1) is 11.7. The van der Waals surface area contributed by atoms with Gasteiger partial charge in [-0.3, -0.25) is 4.79 Å². The van der Waals surface area contributed by atoms with Crippen LogP contribution in [0, 0.1) is 17.3 Å². The standard InChI is InChI=1S/C20H30N2O2/c1-3-21-9-10-22-19(23)20(14-16-7-8-17(20)11-16)13-15-5-4-6-18(12-15)24-2/h4-6,12,16-17,21H,3,7-11,13-14H2,1-2H3,(H,22,23). The fourth-order valence-corrected chi connectivity index (χ4v) is 4.78. The number of methoxy groups -OCH3 is 1. The summed E-state index contributed by atoms with van der Waals surface area (Å²) in [6, 6.07) is 8.20. The molecule has 0 aliphatic heterocycles. The lowest BCUT2D eigenvalue weighted by molar-refractivity contribution is -0.134. The highest BCUT2D eigenvalue weighted by Crippen LogP contribution is 2.57. The summed E-state index contributed by atoms with van der Waals surface area (Å²) in [6.07, 6.45) is 5.61. The molecule has 1 amide bonds. The third kappa shape index (κ3) is 3.44. The summed E-state index contributed by atoms with van der Waals surface area (Å²) in [4.78, 5) is 13.1. The van der Waals surface area contributed by atoms with Crippen molar-refractivity contribution in [1.29, 1.82) is 0 Å². The Kier molecular flexibility index (Phi) is 5.44. The normalized spacial score (nSPS) is 28.1. The second-order valence-electron chi connectivity index (χ2n) is 7.37. The van der Waals surface area contributed by atoms with Gasteiger partial charge < -0.3 is 15.4 Å². The van der Waals surface area contributed by atoms with Crippen LogP contribution in [-0.2, 0) is 11.2 Å². The summed E-state index contributed by atoms with van der Waals surface area (Å²) < 4.78 is 5.36. The van der Waals surface area contributed by atoms with E-state index < -0.39 is 0 Å². The molecule has 132 valence electrons. The van der Waals surface area contributed by atoms with E-state index in [0.717, 1.165) is 37.6 Å². The molecule has 3 rings (SSSR count). The Morgan fingerprint density at radius 1 is 1.33 bits per heavy atom. The maximum absolute atomic E-state index is 13.1. The third-order valence-corrected chi connectivity index (χ3v) is 5.92. The average Bonchev–Trinajstić information content (AvgIpc) is 3.20. The van der Waals surface area contributed by atoms with E-state index in [0.29, 0.717) is 12.5 Å². The van der Waals surface area contributed by atoms with Gasteiger partial charge in [-0.05, 0) is 61.8 Å². The number of amides is 1. The minimum Gasteiger partial charge on any atom is -0.497 e. The lowest BCUT2D eigenvalue weighted by atomic mass is 9.68. The highest BCUT2D eigenvalue weighted by Gasteiger charge is 2.55. The van der Waals surface area contributed by atoms with Gasteiger partial charge in [-0.25, -0.2) is 0 Å². The number of hydrogen-bond acceptors (Lipinski definition) is 3. The number of carbonyl (C=O) groups excluding carboxylic acids is 1. The molecular formula is C20H30N2O2. The van der Waals surface area contributed by atoms with Crippen LogP contribution < -0.4 is 15.4 Å². The lowest BCUT2D eigenvalue weighted by Gasteiger charge is -2.36. The molecule has 0 spiro atoms. The van der Waals surface area contributed by atoms with Gasteiger partial charge in [0.05, 0.1) is 12.5 Å². The summed E-state index contributed by atoms with van der Waals surface area (Å²) in [6.45, 7) is 4.58. The molecule has 0 radical (unpaired) electrons. The molecule has 0 saturated heterocycles. The van der Waals surface area contributed by atoms with E-state index in [1.54, 1.807) is 7.11 Å². The largest absolute Gasteiger partial charge is 0.497 e. The van der Waals surface area contributed by atoms with Crippen LogP contribution in [0.2, 0.25) is 0 Å². The predicted molar refractivity (Wildman–Crippen MR) is 96.1 cm³/mol. The zero-order valence-electron chi connectivity index (χ0n) is 14.9. The van der Waals surface area contributed by atoms with Crippen LogP contribution in [0.1, 0.15) is 38.2 Å². The first-order valence-corrected chi connectivity index (χ1v) is 9.30. The monoisotopic (exact) mass is 330 g/mol. The highest BCUT2D eigenvalue weighted by atomic mass is 16.5. The molecule has 0 heterocycles. The maximum Gasteiger partial charge on any atom is 0.226 e. The average molecular weight is 330 g/mol. The number of nitrogens with one attached hydrogen (secondary N) is 2. The molecule has 2 saturated carbocycles. The van der Waals surface area contributed by atoms with Crippen molar-refractivity contribution in [2.75, 3.05) is 26.7 Å². The molecule has 4 heteroatoms. The fourth-order valence-electron chi connectivity index (χ4n) is 4.78. The van der Waals surface area contributed by atoms with E-state index in [4.69, 9.17) is 4.74 Å². The SMILES string of the molecule is CCNCCNC(=O)C1(Cc2cccc(OC)c2)CC2CCC1C2. The number of ether oxygens (including phenoxy) is 1. The van der Waals surface area contributed by atoms with Crippen molar-refractivity contribution in [2.24, 2.45) is 17.3 Å². The van der Waals surface area contributed by atoms with Gasteiger partial charge in [0, 0.05) is 13.1 Å². The van der Waals surface area contributed by atoms with E-state index in [9.17, 15) is 4.79 Å². The van der Waals surface area contributed by atoms with Gasteiger partial charge >= 0.3 is 0 Å². The molecular weight excluding hydrogens is 300 g/mol. The smallest absolute Gasteiger partial charge is 0.226 e. The molecule has 2 bridgehead atoms. The molecule has 1 aromatic rings. The van der Waals surface area contributed by atoms with Crippen molar-refractivity contribution in [2.45, 2.75) is 39.0 Å². The van der Waals surface area contributed by atoms with Crippen LogP contribution in [0.15, 0.2) is 24.3 Å². The van der Waals surface area contributed by atoms with Crippen LogP contribution in [0.4, 0.5) is 0 Å². The Morgan fingerprint density at radius 2 is 2.21 bits per heavy atom. The zero-order valence-corrected chi connectivity index (χ0v) is 14.9. The van der Waals surface area contributed by atoms with Crippen LogP contribution in [-0.4, -0.2) is 32.7 Å². The molecule has 24 heavy (non-hydrogen) atoms. The third-order valence-electron chi connectivity index (χ3n) is 5.92. The Bertz CT molecular complexity index is 575. The van der Waals surface area contributed by atoms with Gasteiger partial charge in [0.25, 0.3) is 0 Å². The van der Waals surface area contributed by atoms with Gasteiger partial charge in [-0.1, -0.05) is 25.5 Å². The van der Waals surface area contributed by atoms with Crippen LogP contribution in [0.5, 0.6) is 5.75 Å². The number of likely N-dealkylation sites (N-methyl/N-ethyl adjacent to an activating group) is 1. The zero-order chi connectivity index (χ0) is 17.0. The second-order valence-corrected chi connectivity index (χ2v) is 7.37. The number of carbonyl (C=O) groups is 1. The summed E-state index contributed by atoms with van der Waals surface area (Å²) in [5.74, 6) is 2.40. The van der Waals surface area contributed by atoms with E-state index in [-0.39, 0.29) is 11.3 Å². The topological polar surface area (TPSA) is 50.4 Å². The summed E-state index contributed by atoms with van der Waals surface area (Å²) in [7, 11) is 1.69. The summed E-state index contributed by atoms with van der Waals surface area (Å²) in [5, 5.41) is 6.48. The van der Waals surface area contributed by atoms with Crippen molar-refractivity contribution >= 4 is 5.91 Å². The lowest BCUT2D eigenvalue weighted by Crippen LogP contribution is -2.47. The number of fused-ring (bicyclic) bond motifs is 2. The Balaban J connectivity index is 1.75. The summed E-state index contributed by atoms with van der Waals surface area (Å²) in [5.41, 5.74) is 0.991. The molecule has 0 aromatic heterocycles. The van der Waals surface area contributed by atoms with Crippen molar-refractivity contribution in [3.05, 3.63) is 29.8 Å². The van der Waals surface area contributed by atoms with Gasteiger partial charge in [0.15, 0.2) is 0 Å². The Hall–Kier alpha value is -1.55. The fraction of sp³-hybridized carbons (Fsp3) is 0.650. The first kappa shape index (κ1) is 17.3. The van der Waals surface area contributed by atoms with Crippen LogP contribution in [0.3, 0.4) is 0 Å². The molecule has 2 aliphatic carbocycles.